The summed E-state index contributed by atoms with van der Waals surface area (Å²) in [5, 5.41) is 6.65. The second-order valence-corrected chi connectivity index (χ2v) is 12.8. The molecule has 12 heteroatoms. The van der Waals surface area contributed by atoms with Crippen molar-refractivity contribution in [2.24, 2.45) is 11.8 Å². The van der Waals surface area contributed by atoms with Crippen molar-refractivity contribution in [3.63, 3.8) is 0 Å². The summed E-state index contributed by atoms with van der Waals surface area (Å²) in [5.41, 5.74) is 1.08. The molecule has 2 heterocycles. The third kappa shape index (κ3) is 6.29. The summed E-state index contributed by atoms with van der Waals surface area (Å²) in [5.74, 6) is -7.75. The van der Waals surface area contributed by atoms with Gasteiger partial charge in [0.05, 0.1) is 5.69 Å². The molecule has 1 amide bonds. The van der Waals surface area contributed by atoms with E-state index in [-0.39, 0.29) is 36.3 Å². The number of pyridine rings is 1. The van der Waals surface area contributed by atoms with Crippen LogP contribution in [0.1, 0.15) is 78.6 Å². The first-order chi connectivity index (χ1) is 22.5. The van der Waals surface area contributed by atoms with Crippen LogP contribution >= 0.6 is 0 Å². The van der Waals surface area contributed by atoms with Gasteiger partial charge in [-0.15, -0.1) is 0 Å². The molecule has 0 bridgehead atoms. The highest BCUT2D eigenvalue weighted by molar-refractivity contribution is 5.91. The lowest BCUT2D eigenvalue weighted by Crippen LogP contribution is -2.24. The molecule has 2 unspecified atom stereocenters. The third-order valence-corrected chi connectivity index (χ3v) is 9.25. The molecule has 0 aliphatic heterocycles. The average Bonchev–Trinajstić information content (AvgIpc) is 3.93. The molecule has 4 aromatic rings. The number of Topliss-reactive ketones (excluding diaryl/α,β-unsaturated/α-hetero) is 1. The molecule has 2 saturated carbocycles. The number of nitrogens with zero attached hydrogens (tertiary/aromatic N) is 3. The van der Waals surface area contributed by atoms with Gasteiger partial charge in [-0.2, -0.15) is 13.9 Å². The predicted molar refractivity (Wildman–Crippen MR) is 160 cm³/mol. The molecule has 2 fully saturated rings. The molecule has 0 saturated heterocycles. The molecule has 3 atom stereocenters. The Morgan fingerprint density at radius 1 is 1.00 bits per heavy atom. The number of halogens is 6. The van der Waals surface area contributed by atoms with Crippen LogP contribution in [0.3, 0.4) is 0 Å². The standard InChI is InChI=1S/C35H30F6N4O2/c36-22-11-19(12-23(37)15-22)10-21(14-25(46)17-45-33-30(32(44-45)34(38)39)27-16-28(27)35(33,40)41)31-26(2-1-9-42-31)20-5-7-24(8-6-20)43-29(47)13-18-3-4-18/h1-2,5-9,11-12,15,18,21,27-28,34H,3-4,10,13-14,16-17H2,(H,43,47)/t21-,27?,28?/m1/s1. The Hall–Kier alpha value is -4.48. The highest BCUT2D eigenvalue weighted by atomic mass is 19.3. The minimum atomic E-state index is -3.38. The fraction of sp³-hybridized carbons (Fsp3) is 0.371. The number of carbonyl (C=O) groups is 2. The Morgan fingerprint density at radius 3 is 2.40 bits per heavy atom. The van der Waals surface area contributed by atoms with Crippen LogP contribution in [0.15, 0.2) is 60.8 Å². The number of amides is 1. The summed E-state index contributed by atoms with van der Waals surface area (Å²) in [6.45, 7) is -0.671. The topological polar surface area (TPSA) is 76.9 Å². The van der Waals surface area contributed by atoms with Crippen molar-refractivity contribution < 1.29 is 35.9 Å². The number of benzene rings is 2. The first-order valence-corrected chi connectivity index (χ1v) is 15.6. The quantitative estimate of drug-likeness (QED) is 0.157. The lowest BCUT2D eigenvalue weighted by Gasteiger charge is -2.21. The first-order valence-electron chi connectivity index (χ1n) is 15.6. The summed E-state index contributed by atoms with van der Waals surface area (Å²) >= 11 is 0. The molecular weight excluding hydrogens is 622 g/mol. The Kier molecular flexibility index (Phi) is 7.92. The van der Waals surface area contributed by atoms with Gasteiger partial charge in [0.15, 0.2) is 5.78 Å². The largest absolute Gasteiger partial charge is 0.326 e. The van der Waals surface area contributed by atoms with Crippen molar-refractivity contribution >= 4 is 17.4 Å². The fourth-order valence-corrected chi connectivity index (χ4v) is 6.88. The van der Waals surface area contributed by atoms with Gasteiger partial charge in [-0.3, -0.25) is 19.3 Å². The van der Waals surface area contributed by atoms with Crippen LogP contribution in [0.25, 0.3) is 11.1 Å². The normalized spacial score (nSPS) is 19.7. The lowest BCUT2D eigenvalue weighted by molar-refractivity contribution is -0.120. The van der Waals surface area contributed by atoms with E-state index in [1.807, 2.05) is 0 Å². The fourth-order valence-electron chi connectivity index (χ4n) is 6.88. The van der Waals surface area contributed by atoms with E-state index in [1.54, 1.807) is 36.4 Å². The van der Waals surface area contributed by atoms with E-state index in [0.717, 1.165) is 31.0 Å². The van der Waals surface area contributed by atoms with Crippen molar-refractivity contribution in [1.29, 1.82) is 0 Å². The van der Waals surface area contributed by atoms with E-state index >= 15 is 8.78 Å². The Morgan fingerprint density at radius 2 is 1.72 bits per heavy atom. The van der Waals surface area contributed by atoms with Gasteiger partial charge in [-0.1, -0.05) is 18.2 Å². The van der Waals surface area contributed by atoms with Crippen molar-refractivity contribution in [3.05, 3.63) is 101 Å². The van der Waals surface area contributed by atoms with Gasteiger partial charge in [-0.25, -0.2) is 17.6 Å². The molecule has 3 aliphatic carbocycles. The summed E-state index contributed by atoms with van der Waals surface area (Å²) in [7, 11) is 0. The van der Waals surface area contributed by atoms with Crippen LogP contribution in [0.4, 0.5) is 32.0 Å². The van der Waals surface area contributed by atoms with Crippen molar-refractivity contribution in [3.8, 4) is 11.1 Å². The Labute approximate surface area is 266 Å². The maximum absolute atomic E-state index is 15.1. The second-order valence-electron chi connectivity index (χ2n) is 12.8. The van der Waals surface area contributed by atoms with Crippen molar-refractivity contribution in [2.75, 3.05) is 5.32 Å². The molecule has 1 N–H and O–H groups in total. The van der Waals surface area contributed by atoms with E-state index < -0.39 is 65.5 Å². The van der Waals surface area contributed by atoms with E-state index in [9.17, 15) is 27.2 Å². The van der Waals surface area contributed by atoms with Gasteiger partial charge in [0, 0.05) is 53.8 Å². The zero-order chi connectivity index (χ0) is 33.0. The lowest BCUT2D eigenvalue weighted by atomic mass is 9.86. The number of hydrogen-bond donors (Lipinski definition) is 1. The van der Waals surface area contributed by atoms with Crippen LogP contribution in [0.2, 0.25) is 0 Å². The van der Waals surface area contributed by atoms with Crippen LogP contribution in [0.5, 0.6) is 0 Å². The predicted octanol–water partition coefficient (Wildman–Crippen LogP) is 8.09. The number of carbonyl (C=O) groups excluding carboxylic acids is 2. The van der Waals surface area contributed by atoms with E-state index in [0.29, 0.717) is 39.5 Å². The van der Waals surface area contributed by atoms with Gasteiger partial charge in [0.2, 0.25) is 5.91 Å². The number of aromatic nitrogens is 3. The third-order valence-electron chi connectivity index (χ3n) is 9.25. The SMILES string of the molecule is O=C(C[C@@H](Cc1cc(F)cc(F)c1)c1ncccc1-c1ccc(NC(=O)CC2CC2)cc1)Cn1nc(C(F)F)c2c1C(F)(F)C1CC21. The van der Waals surface area contributed by atoms with Gasteiger partial charge in [0.1, 0.15) is 29.6 Å². The number of ketones is 1. The zero-order valence-electron chi connectivity index (χ0n) is 25.0. The molecular formula is C35H30F6N4O2. The summed E-state index contributed by atoms with van der Waals surface area (Å²) in [4.78, 5) is 30.4. The van der Waals surface area contributed by atoms with Gasteiger partial charge >= 0.3 is 0 Å². The maximum atomic E-state index is 15.1. The van der Waals surface area contributed by atoms with Gasteiger partial charge < -0.3 is 5.32 Å². The van der Waals surface area contributed by atoms with Crippen LogP contribution in [-0.2, 0) is 28.5 Å². The summed E-state index contributed by atoms with van der Waals surface area (Å²) < 4.78 is 86.9. The Bertz CT molecular complexity index is 1830. The van der Waals surface area contributed by atoms with Gasteiger partial charge in [0.25, 0.3) is 12.3 Å². The number of anilines is 1. The molecule has 2 aromatic carbocycles. The van der Waals surface area contributed by atoms with Crippen LogP contribution in [0, 0.1) is 23.5 Å². The van der Waals surface area contributed by atoms with Crippen LogP contribution < -0.4 is 5.32 Å². The minimum absolute atomic E-state index is 0.0282. The molecule has 47 heavy (non-hydrogen) atoms. The number of alkyl halides is 4. The Balaban J connectivity index is 1.18. The maximum Gasteiger partial charge on any atom is 0.293 e. The molecule has 3 aliphatic rings. The smallest absolute Gasteiger partial charge is 0.293 e. The first kappa shape index (κ1) is 31.1. The van der Waals surface area contributed by atoms with Crippen molar-refractivity contribution in [1.82, 2.24) is 14.8 Å². The molecule has 7 rings (SSSR count). The summed E-state index contributed by atoms with van der Waals surface area (Å²) in [6, 6.07) is 13.5. The van der Waals surface area contributed by atoms with E-state index in [1.165, 1.54) is 6.20 Å². The molecule has 0 radical (unpaired) electrons. The number of nitrogens with one attached hydrogen (secondary N) is 1. The zero-order valence-corrected chi connectivity index (χ0v) is 25.0. The number of hydrogen-bond acceptors (Lipinski definition) is 4. The minimum Gasteiger partial charge on any atom is -0.326 e. The second kappa shape index (κ2) is 12.0. The highest BCUT2D eigenvalue weighted by Crippen LogP contribution is 2.68. The number of rotatable bonds is 12. The molecule has 2 aromatic heterocycles. The number of fused-ring (bicyclic) bond motifs is 3. The molecule has 6 nitrogen and oxygen atoms in total. The van der Waals surface area contributed by atoms with Crippen LogP contribution in [-0.4, -0.2) is 26.5 Å². The molecule has 0 spiro atoms. The van der Waals surface area contributed by atoms with Crippen molar-refractivity contribution in [2.45, 2.75) is 69.3 Å². The van der Waals surface area contributed by atoms with E-state index in [2.05, 4.69) is 15.4 Å². The van der Waals surface area contributed by atoms with E-state index in [4.69, 9.17) is 0 Å². The summed E-state index contributed by atoms with van der Waals surface area (Å²) in [6.07, 6.45) is 0.786. The highest BCUT2D eigenvalue weighted by Gasteiger charge is 2.67. The van der Waals surface area contributed by atoms with Gasteiger partial charge in [-0.05, 0) is 79.0 Å². The monoisotopic (exact) mass is 652 g/mol. The molecule has 244 valence electrons. The average molecular weight is 653 g/mol.